The lowest BCUT2D eigenvalue weighted by Gasteiger charge is -2.13. The number of nitrogens with one attached hydrogen (secondary N) is 1. The number of carbonyl (C=O) groups excluding carboxylic acids is 1. The van der Waals surface area contributed by atoms with Gasteiger partial charge in [-0.25, -0.2) is 0 Å². The number of halogens is 3. The second-order valence-corrected chi connectivity index (χ2v) is 4.23. The first-order valence-electron chi connectivity index (χ1n) is 6.03. The topological polar surface area (TPSA) is 38.3 Å². The summed E-state index contributed by atoms with van der Waals surface area (Å²) in [6.45, 7) is 0. The van der Waals surface area contributed by atoms with Crippen molar-refractivity contribution in [1.82, 2.24) is 0 Å². The van der Waals surface area contributed by atoms with Gasteiger partial charge in [-0.1, -0.05) is 12.1 Å². The molecule has 3 nitrogen and oxygen atoms in total. The molecule has 2 aromatic rings. The Kier molecular flexibility index (Phi) is 4.16. The zero-order valence-electron chi connectivity index (χ0n) is 11.1. The van der Waals surface area contributed by atoms with E-state index in [1.54, 1.807) is 12.1 Å². The van der Waals surface area contributed by atoms with Gasteiger partial charge < -0.3 is 10.1 Å². The van der Waals surface area contributed by atoms with E-state index in [2.05, 4.69) is 5.32 Å². The molecule has 1 N–H and O–H groups in total. The molecule has 0 aliphatic rings. The zero-order valence-corrected chi connectivity index (χ0v) is 11.1. The summed E-state index contributed by atoms with van der Waals surface area (Å²) in [7, 11) is 1.48. The van der Waals surface area contributed by atoms with Gasteiger partial charge >= 0.3 is 6.18 Å². The second-order valence-electron chi connectivity index (χ2n) is 4.23. The molecule has 6 heteroatoms. The molecule has 0 saturated heterocycles. The molecule has 0 aliphatic carbocycles. The summed E-state index contributed by atoms with van der Waals surface area (Å²) >= 11 is 0. The van der Waals surface area contributed by atoms with Crippen molar-refractivity contribution < 1.29 is 22.7 Å². The minimum atomic E-state index is -4.52. The summed E-state index contributed by atoms with van der Waals surface area (Å²) in [5.74, 6) is -0.0587. The maximum atomic E-state index is 12.8. The first-order valence-corrected chi connectivity index (χ1v) is 6.03. The molecule has 0 aliphatic heterocycles. The number of rotatable bonds is 3. The number of alkyl halides is 3. The minimum Gasteiger partial charge on any atom is -0.497 e. The van der Waals surface area contributed by atoms with Crippen molar-refractivity contribution in [2.45, 2.75) is 6.18 Å². The number of benzene rings is 2. The molecule has 21 heavy (non-hydrogen) atoms. The first-order chi connectivity index (χ1) is 9.91. The average Bonchev–Trinajstić information content (AvgIpc) is 2.47. The van der Waals surface area contributed by atoms with Crippen molar-refractivity contribution in [2.24, 2.45) is 0 Å². The predicted octanol–water partition coefficient (Wildman–Crippen LogP) is 3.97. The van der Waals surface area contributed by atoms with Gasteiger partial charge in [-0.3, -0.25) is 4.79 Å². The summed E-state index contributed by atoms with van der Waals surface area (Å²) in [6.07, 6.45) is -4.52. The van der Waals surface area contributed by atoms with Gasteiger partial charge in [-0.2, -0.15) is 13.2 Å². The van der Waals surface area contributed by atoms with Gasteiger partial charge in [0.25, 0.3) is 5.91 Å². The molecule has 2 aromatic carbocycles. The van der Waals surface area contributed by atoms with Gasteiger partial charge in [0, 0.05) is 5.56 Å². The number of methoxy groups -OCH3 is 1. The van der Waals surface area contributed by atoms with Gasteiger partial charge in [0.2, 0.25) is 0 Å². The van der Waals surface area contributed by atoms with Crippen LogP contribution in [0.3, 0.4) is 0 Å². The standard InChI is InChI=1S/C15H12F3NO2/c1-21-11-8-6-10(7-9-11)14(20)19-13-5-3-2-4-12(13)15(16,17)18/h2-9H,1H3,(H,19,20). The van der Waals surface area contributed by atoms with E-state index >= 15 is 0 Å². The summed E-state index contributed by atoms with van der Waals surface area (Å²) in [5, 5.41) is 2.27. The van der Waals surface area contributed by atoms with Gasteiger partial charge in [-0.15, -0.1) is 0 Å². The first kappa shape index (κ1) is 14.9. The zero-order chi connectivity index (χ0) is 15.5. The van der Waals surface area contributed by atoms with Crippen molar-refractivity contribution in [3.05, 3.63) is 59.7 Å². The maximum absolute atomic E-state index is 12.8. The van der Waals surface area contributed by atoms with Gasteiger partial charge in [-0.05, 0) is 36.4 Å². The van der Waals surface area contributed by atoms with Crippen LogP contribution in [0.1, 0.15) is 15.9 Å². The summed E-state index contributed by atoms with van der Waals surface area (Å²) in [6, 6.07) is 10.9. The molecule has 0 bridgehead atoms. The Bertz CT molecular complexity index is 636. The van der Waals surface area contributed by atoms with E-state index in [4.69, 9.17) is 4.74 Å². The smallest absolute Gasteiger partial charge is 0.418 e. The number of hydrogen-bond acceptors (Lipinski definition) is 2. The van der Waals surface area contributed by atoms with E-state index in [1.165, 1.54) is 37.4 Å². The van der Waals surface area contributed by atoms with Crippen LogP contribution in [0.15, 0.2) is 48.5 Å². The predicted molar refractivity (Wildman–Crippen MR) is 72.4 cm³/mol. The maximum Gasteiger partial charge on any atom is 0.418 e. The Labute approximate surface area is 119 Å². The molecular formula is C15H12F3NO2. The highest BCUT2D eigenvalue weighted by atomic mass is 19.4. The van der Waals surface area contributed by atoms with Crippen molar-refractivity contribution in [3.63, 3.8) is 0 Å². The van der Waals surface area contributed by atoms with Gasteiger partial charge in [0.15, 0.2) is 0 Å². The van der Waals surface area contributed by atoms with Crippen LogP contribution in [0, 0.1) is 0 Å². The molecular weight excluding hydrogens is 283 g/mol. The molecule has 0 saturated carbocycles. The highest BCUT2D eigenvalue weighted by molar-refractivity contribution is 6.04. The third-order valence-electron chi connectivity index (χ3n) is 2.83. The van der Waals surface area contributed by atoms with Crippen LogP contribution in [-0.4, -0.2) is 13.0 Å². The number of para-hydroxylation sites is 1. The molecule has 0 aromatic heterocycles. The Hall–Kier alpha value is -2.50. The van der Waals surface area contributed by atoms with Crippen LogP contribution >= 0.6 is 0 Å². The Morgan fingerprint density at radius 2 is 1.67 bits per heavy atom. The number of hydrogen-bond donors (Lipinski definition) is 1. The largest absolute Gasteiger partial charge is 0.497 e. The fourth-order valence-electron chi connectivity index (χ4n) is 1.78. The monoisotopic (exact) mass is 295 g/mol. The molecule has 0 atom stereocenters. The lowest BCUT2D eigenvalue weighted by Crippen LogP contribution is -2.16. The molecule has 0 unspecified atom stereocenters. The fourth-order valence-corrected chi connectivity index (χ4v) is 1.78. The van der Waals surface area contributed by atoms with E-state index in [9.17, 15) is 18.0 Å². The third kappa shape index (κ3) is 3.53. The summed E-state index contributed by atoms with van der Waals surface area (Å²) < 4.78 is 43.4. The molecule has 0 radical (unpaired) electrons. The van der Waals surface area contributed by atoms with Crippen LogP contribution < -0.4 is 10.1 Å². The second kappa shape index (κ2) is 5.87. The lowest BCUT2D eigenvalue weighted by molar-refractivity contribution is -0.136. The fraction of sp³-hybridized carbons (Fsp3) is 0.133. The van der Waals surface area contributed by atoms with E-state index in [-0.39, 0.29) is 11.3 Å². The van der Waals surface area contributed by atoms with E-state index in [0.717, 1.165) is 6.07 Å². The number of ether oxygens (including phenoxy) is 1. The SMILES string of the molecule is COc1ccc(C(=O)Nc2ccccc2C(F)(F)F)cc1. The third-order valence-corrected chi connectivity index (χ3v) is 2.83. The van der Waals surface area contributed by atoms with E-state index < -0.39 is 17.6 Å². The normalized spacial score (nSPS) is 11.0. The van der Waals surface area contributed by atoms with Crippen molar-refractivity contribution in [2.75, 3.05) is 12.4 Å². The van der Waals surface area contributed by atoms with Crippen LogP contribution in [0.4, 0.5) is 18.9 Å². The molecule has 1 amide bonds. The van der Waals surface area contributed by atoms with Gasteiger partial charge in [0.05, 0.1) is 18.4 Å². The molecule has 0 spiro atoms. The molecule has 2 rings (SSSR count). The van der Waals surface area contributed by atoms with E-state index in [1.807, 2.05) is 0 Å². The van der Waals surface area contributed by atoms with E-state index in [0.29, 0.717) is 5.75 Å². The Morgan fingerprint density at radius 3 is 2.24 bits per heavy atom. The number of anilines is 1. The molecule has 0 heterocycles. The lowest BCUT2D eigenvalue weighted by atomic mass is 10.1. The highest BCUT2D eigenvalue weighted by Crippen LogP contribution is 2.34. The summed E-state index contributed by atoms with van der Waals surface area (Å²) in [5.41, 5.74) is -0.912. The summed E-state index contributed by atoms with van der Waals surface area (Å²) in [4.78, 5) is 12.0. The number of carbonyl (C=O) groups is 1. The van der Waals surface area contributed by atoms with Gasteiger partial charge in [0.1, 0.15) is 5.75 Å². The molecule has 0 fully saturated rings. The Morgan fingerprint density at radius 1 is 1.05 bits per heavy atom. The van der Waals surface area contributed by atoms with Crippen LogP contribution in [0.25, 0.3) is 0 Å². The van der Waals surface area contributed by atoms with Crippen LogP contribution in [0.2, 0.25) is 0 Å². The van der Waals surface area contributed by atoms with Crippen molar-refractivity contribution >= 4 is 11.6 Å². The minimum absolute atomic E-state index is 0.243. The quantitative estimate of drug-likeness (QED) is 0.930. The molecule has 110 valence electrons. The number of amides is 1. The Balaban J connectivity index is 2.23. The highest BCUT2D eigenvalue weighted by Gasteiger charge is 2.33. The average molecular weight is 295 g/mol. The van der Waals surface area contributed by atoms with Crippen molar-refractivity contribution in [3.8, 4) is 5.75 Å². The van der Waals surface area contributed by atoms with Crippen LogP contribution in [0.5, 0.6) is 5.75 Å². The van der Waals surface area contributed by atoms with Crippen LogP contribution in [-0.2, 0) is 6.18 Å². The van der Waals surface area contributed by atoms with Crippen molar-refractivity contribution in [1.29, 1.82) is 0 Å².